The molecule has 118 valence electrons. The predicted octanol–water partition coefficient (Wildman–Crippen LogP) is 4.06. The Labute approximate surface area is 126 Å². The molecule has 0 spiro atoms. The third-order valence-corrected chi connectivity index (χ3v) is 5.57. The Morgan fingerprint density at radius 3 is 2.50 bits per heavy atom. The quantitative estimate of drug-likeness (QED) is 0.789. The van der Waals surface area contributed by atoms with Crippen molar-refractivity contribution in [2.24, 2.45) is 11.8 Å². The third kappa shape index (κ3) is 4.73. The van der Waals surface area contributed by atoms with Crippen LogP contribution in [0.5, 0.6) is 0 Å². The van der Waals surface area contributed by atoms with Crippen molar-refractivity contribution in [2.75, 3.05) is 20.1 Å². The lowest BCUT2D eigenvalue weighted by molar-refractivity contribution is 0.102. The molecule has 0 bridgehead atoms. The molecule has 3 unspecified atom stereocenters. The van der Waals surface area contributed by atoms with Crippen LogP contribution in [0.2, 0.25) is 0 Å². The molecule has 0 saturated heterocycles. The van der Waals surface area contributed by atoms with Crippen molar-refractivity contribution >= 4 is 0 Å². The first-order chi connectivity index (χ1) is 9.70. The Balaban J connectivity index is 1.86. The summed E-state index contributed by atoms with van der Waals surface area (Å²) in [6.07, 6.45) is 12.8. The van der Waals surface area contributed by atoms with Gasteiger partial charge in [0.05, 0.1) is 0 Å². The van der Waals surface area contributed by atoms with Crippen LogP contribution < -0.4 is 5.32 Å². The molecule has 20 heavy (non-hydrogen) atoms. The second-order valence-electron chi connectivity index (χ2n) is 7.49. The van der Waals surface area contributed by atoms with Gasteiger partial charge in [-0.15, -0.1) is 0 Å². The van der Waals surface area contributed by atoms with Gasteiger partial charge in [0, 0.05) is 18.6 Å². The smallest absolute Gasteiger partial charge is 0.0248 e. The van der Waals surface area contributed by atoms with Gasteiger partial charge in [0.15, 0.2) is 0 Å². The fraction of sp³-hybridized carbons (Fsp3) is 1.00. The van der Waals surface area contributed by atoms with Gasteiger partial charge in [-0.2, -0.15) is 0 Å². The molecule has 0 radical (unpaired) electrons. The molecule has 0 amide bonds. The van der Waals surface area contributed by atoms with Crippen molar-refractivity contribution in [2.45, 2.75) is 83.7 Å². The van der Waals surface area contributed by atoms with Gasteiger partial charge in [-0.3, -0.25) is 0 Å². The van der Waals surface area contributed by atoms with Crippen LogP contribution in [0.1, 0.15) is 71.6 Å². The van der Waals surface area contributed by atoms with E-state index in [4.69, 9.17) is 0 Å². The summed E-state index contributed by atoms with van der Waals surface area (Å²) in [6, 6.07) is 1.51. The molecule has 2 heteroatoms. The number of rotatable bonds is 6. The van der Waals surface area contributed by atoms with Crippen molar-refractivity contribution in [3.05, 3.63) is 0 Å². The maximum absolute atomic E-state index is 3.82. The second-order valence-corrected chi connectivity index (χ2v) is 7.49. The van der Waals surface area contributed by atoms with Crippen LogP contribution in [0, 0.1) is 11.8 Å². The topological polar surface area (TPSA) is 15.3 Å². The molecule has 0 aromatic carbocycles. The molecular weight excluding hydrogens is 244 g/mol. The van der Waals surface area contributed by atoms with Crippen molar-refractivity contribution < 1.29 is 0 Å². The number of nitrogens with zero attached hydrogens (tertiary/aromatic N) is 1. The van der Waals surface area contributed by atoms with E-state index in [1.807, 2.05) is 0 Å². The Bertz CT molecular complexity index is 258. The molecule has 3 atom stereocenters. The van der Waals surface area contributed by atoms with Crippen LogP contribution in [-0.2, 0) is 0 Å². The van der Waals surface area contributed by atoms with E-state index in [9.17, 15) is 0 Å². The SMILES string of the molecule is CCCNC1CCC(C)CC1N(C)CC1CCCCC1. The highest BCUT2D eigenvalue weighted by Crippen LogP contribution is 2.30. The van der Waals surface area contributed by atoms with Crippen molar-refractivity contribution in [1.82, 2.24) is 10.2 Å². The summed E-state index contributed by atoms with van der Waals surface area (Å²) in [5.41, 5.74) is 0. The monoisotopic (exact) mass is 280 g/mol. The standard InChI is InChI=1S/C18H36N2/c1-4-12-19-17-11-10-15(2)13-18(17)20(3)14-16-8-6-5-7-9-16/h15-19H,4-14H2,1-3H3. The molecular formula is C18H36N2. The minimum atomic E-state index is 0.736. The fourth-order valence-corrected chi connectivity index (χ4v) is 4.32. The highest BCUT2D eigenvalue weighted by molar-refractivity contribution is 4.90. The van der Waals surface area contributed by atoms with Gasteiger partial charge in [-0.05, 0) is 64.0 Å². The van der Waals surface area contributed by atoms with Crippen LogP contribution in [0.15, 0.2) is 0 Å². The normalized spacial score (nSPS) is 32.7. The first-order valence-corrected chi connectivity index (χ1v) is 9.14. The summed E-state index contributed by atoms with van der Waals surface area (Å²) in [5, 5.41) is 3.82. The predicted molar refractivity (Wildman–Crippen MR) is 88.1 cm³/mol. The summed E-state index contributed by atoms with van der Waals surface area (Å²) < 4.78 is 0. The summed E-state index contributed by atoms with van der Waals surface area (Å²) in [4.78, 5) is 2.71. The van der Waals surface area contributed by atoms with Crippen molar-refractivity contribution in [1.29, 1.82) is 0 Å². The summed E-state index contributed by atoms with van der Waals surface area (Å²) in [7, 11) is 2.39. The highest BCUT2D eigenvalue weighted by Gasteiger charge is 2.31. The molecule has 2 rings (SSSR count). The second kappa shape index (κ2) is 8.38. The molecule has 0 aromatic heterocycles. The molecule has 2 fully saturated rings. The molecule has 2 nitrogen and oxygen atoms in total. The van der Waals surface area contributed by atoms with E-state index >= 15 is 0 Å². The molecule has 0 aliphatic heterocycles. The molecule has 2 saturated carbocycles. The summed E-state index contributed by atoms with van der Waals surface area (Å²) in [6.45, 7) is 7.24. The van der Waals surface area contributed by atoms with E-state index in [0.29, 0.717) is 0 Å². The van der Waals surface area contributed by atoms with Crippen LogP contribution in [0.4, 0.5) is 0 Å². The zero-order valence-electron chi connectivity index (χ0n) is 14.0. The van der Waals surface area contributed by atoms with E-state index in [2.05, 4.69) is 31.1 Å². The van der Waals surface area contributed by atoms with Gasteiger partial charge < -0.3 is 10.2 Å². The fourth-order valence-electron chi connectivity index (χ4n) is 4.32. The minimum Gasteiger partial charge on any atom is -0.312 e. The zero-order chi connectivity index (χ0) is 14.4. The molecule has 0 heterocycles. The van der Waals surface area contributed by atoms with Crippen LogP contribution in [-0.4, -0.2) is 37.1 Å². The lowest BCUT2D eigenvalue weighted by Gasteiger charge is -2.42. The average Bonchev–Trinajstić information content (AvgIpc) is 2.47. The van der Waals surface area contributed by atoms with Crippen molar-refractivity contribution in [3.8, 4) is 0 Å². The van der Waals surface area contributed by atoms with E-state index in [1.54, 1.807) is 0 Å². The average molecular weight is 280 g/mol. The Hall–Kier alpha value is -0.0800. The molecule has 2 aliphatic rings. The minimum absolute atomic E-state index is 0.736. The van der Waals surface area contributed by atoms with Gasteiger partial charge in [-0.25, -0.2) is 0 Å². The van der Waals surface area contributed by atoms with E-state index in [-0.39, 0.29) is 0 Å². The van der Waals surface area contributed by atoms with E-state index in [1.165, 1.54) is 70.9 Å². The van der Waals surface area contributed by atoms with Gasteiger partial charge in [0.25, 0.3) is 0 Å². The third-order valence-electron chi connectivity index (χ3n) is 5.57. The maximum Gasteiger partial charge on any atom is 0.0248 e. The molecule has 0 aromatic rings. The lowest BCUT2D eigenvalue weighted by Crippen LogP contribution is -2.53. The van der Waals surface area contributed by atoms with Gasteiger partial charge in [0.1, 0.15) is 0 Å². The van der Waals surface area contributed by atoms with Gasteiger partial charge in [-0.1, -0.05) is 33.1 Å². The van der Waals surface area contributed by atoms with E-state index in [0.717, 1.165) is 23.9 Å². The largest absolute Gasteiger partial charge is 0.312 e. The number of likely N-dealkylation sites (N-methyl/N-ethyl adjacent to an activating group) is 1. The Morgan fingerprint density at radius 2 is 1.80 bits per heavy atom. The summed E-state index contributed by atoms with van der Waals surface area (Å²) in [5.74, 6) is 1.88. The number of hydrogen-bond acceptors (Lipinski definition) is 2. The van der Waals surface area contributed by atoms with Gasteiger partial charge in [0.2, 0.25) is 0 Å². The van der Waals surface area contributed by atoms with Crippen LogP contribution >= 0.6 is 0 Å². The zero-order valence-corrected chi connectivity index (χ0v) is 14.0. The van der Waals surface area contributed by atoms with Crippen LogP contribution in [0.25, 0.3) is 0 Å². The molecule has 1 N–H and O–H groups in total. The number of nitrogens with one attached hydrogen (secondary N) is 1. The molecule has 2 aliphatic carbocycles. The Morgan fingerprint density at radius 1 is 1.05 bits per heavy atom. The lowest BCUT2D eigenvalue weighted by atomic mass is 9.81. The van der Waals surface area contributed by atoms with Crippen molar-refractivity contribution in [3.63, 3.8) is 0 Å². The van der Waals surface area contributed by atoms with Gasteiger partial charge >= 0.3 is 0 Å². The Kier molecular flexibility index (Phi) is 6.83. The van der Waals surface area contributed by atoms with Crippen LogP contribution in [0.3, 0.4) is 0 Å². The first kappa shape index (κ1) is 16.3. The number of hydrogen-bond donors (Lipinski definition) is 1. The first-order valence-electron chi connectivity index (χ1n) is 9.14. The van der Waals surface area contributed by atoms with E-state index < -0.39 is 0 Å². The highest BCUT2D eigenvalue weighted by atomic mass is 15.2. The summed E-state index contributed by atoms with van der Waals surface area (Å²) >= 11 is 0. The maximum atomic E-state index is 3.82.